The van der Waals surface area contributed by atoms with Gasteiger partial charge < -0.3 is 15.8 Å². The van der Waals surface area contributed by atoms with Gasteiger partial charge in [-0.3, -0.25) is 4.79 Å². The van der Waals surface area contributed by atoms with E-state index in [0.717, 1.165) is 0 Å². The number of aliphatic carboxylic acids is 1. The third-order valence-electron chi connectivity index (χ3n) is 2.57. The highest BCUT2D eigenvalue weighted by atomic mass is 35.5. The smallest absolute Gasteiger partial charge is 0.320 e. The van der Waals surface area contributed by atoms with Crippen LogP contribution in [0.3, 0.4) is 0 Å². The number of carboxylic acids is 1. The third kappa shape index (κ3) is 2.25. The van der Waals surface area contributed by atoms with Gasteiger partial charge in [0.2, 0.25) is 0 Å². The number of H-pyrrole nitrogens is 1. The standard InChI is InChI=1S/C11H10ClFN2O2/c12-7-2-6-5(1-9(14)11(16)17)4-15-10(6)3-8(7)13/h2-4,9,15H,1,14H2,(H,16,17)/t9-/m0/s1. The van der Waals surface area contributed by atoms with Crippen molar-refractivity contribution in [2.24, 2.45) is 5.73 Å². The Kier molecular flexibility index (Phi) is 3.04. The zero-order chi connectivity index (χ0) is 12.6. The van der Waals surface area contributed by atoms with Crippen LogP contribution in [0.25, 0.3) is 10.9 Å². The first-order valence-electron chi connectivity index (χ1n) is 4.92. The van der Waals surface area contributed by atoms with Crippen LogP contribution in [0, 0.1) is 5.82 Å². The fourth-order valence-electron chi connectivity index (χ4n) is 1.67. The second-order valence-corrected chi connectivity index (χ2v) is 4.18. The molecule has 0 bridgehead atoms. The summed E-state index contributed by atoms with van der Waals surface area (Å²) in [5.41, 5.74) is 6.72. The molecule has 6 heteroatoms. The monoisotopic (exact) mass is 256 g/mol. The Morgan fingerprint density at radius 3 is 2.94 bits per heavy atom. The molecule has 2 rings (SSSR count). The molecule has 0 aliphatic rings. The lowest BCUT2D eigenvalue weighted by molar-refractivity contribution is -0.138. The van der Waals surface area contributed by atoms with Gasteiger partial charge in [-0.05, 0) is 17.7 Å². The molecule has 0 unspecified atom stereocenters. The number of aromatic nitrogens is 1. The van der Waals surface area contributed by atoms with E-state index in [1.54, 1.807) is 6.20 Å². The van der Waals surface area contributed by atoms with Crippen LogP contribution in [0.15, 0.2) is 18.3 Å². The quantitative estimate of drug-likeness (QED) is 0.785. The lowest BCUT2D eigenvalue weighted by Gasteiger charge is -2.05. The van der Waals surface area contributed by atoms with Crippen molar-refractivity contribution in [2.75, 3.05) is 0 Å². The molecule has 90 valence electrons. The van der Waals surface area contributed by atoms with Gasteiger partial charge in [0.05, 0.1) is 5.02 Å². The van der Waals surface area contributed by atoms with Gasteiger partial charge in [0.25, 0.3) is 0 Å². The van der Waals surface area contributed by atoms with Crippen molar-refractivity contribution in [1.82, 2.24) is 4.98 Å². The Hall–Kier alpha value is -1.59. The van der Waals surface area contributed by atoms with Crippen molar-refractivity contribution in [3.63, 3.8) is 0 Å². The van der Waals surface area contributed by atoms with Crippen molar-refractivity contribution in [1.29, 1.82) is 0 Å². The zero-order valence-corrected chi connectivity index (χ0v) is 9.46. The lowest BCUT2D eigenvalue weighted by Crippen LogP contribution is -2.32. The molecule has 1 heterocycles. The van der Waals surface area contributed by atoms with Gasteiger partial charge >= 0.3 is 5.97 Å². The van der Waals surface area contributed by atoms with Gasteiger partial charge in [-0.25, -0.2) is 4.39 Å². The van der Waals surface area contributed by atoms with Gasteiger partial charge in [0, 0.05) is 23.5 Å². The fraction of sp³-hybridized carbons (Fsp3) is 0.182. The molecule has 1 aromatic heterocycles. The average Bonchev–Trinajstić information content (AvgIpc) is 2.62. The molecule has 17 heavy (non-hydrogen) atoms. The first kappa shape index (κ1) is 11.9. The lowest BCUT2D eigenvalue weighted by atomic mass is 10.1. The summed E-state index contributed by atoms with van der Waals surface area (Å²) in [6.45, 7) is 0. The van der Waals surface area contributed by atoms with Gasteiger partial charge in [-0.15, -0.1) is 0 Å². The average molecular weight is 257 g/mol. The van der Waals surface area contributed by atoms with Crippen molar-refractivity contribution in [2.45, 2.75) is 12.5 Å². The number of halogens is 2. The Balaban J connectivity index is 2.42. The predicted octanol–water partition coefficient (Wildman–Crippen LogP) is 1.91. The van der Waals surface area contributed by atoms with Crippen molar-refractivity contribution in [3.8, 4) is 0 Å². The minimum atomic E-state index is -1.08. The van der Waals surface area contributed by atoms with Crippen LogP contribution < -0.4 is 5.73 Å². The molecule has 0 saturated carbocycles. The topological polar surface area (TPSA) is 79.1 Å². The summed E-state index contributed by atoms with van der Waals surface area (Å²) >= 11 is 5.68. The van der Waals surface area contributed by atoms with E-state index in [1.807, 2.05) is 0 Å². The van der Waals surface area contributed by atoms with Crippen molar-refractivity contribution < 1.29 is 14.3 Å². The van der Waals surface area contributed by atoms with Crippen LogP contribution in [-0.2, 0) is 11.2 Å². The summed E-state index contributed by atoms with van der Waals surface area (Å²) in [5, 5.41) is 9.42. The van der Waals surface area contributed by atoms with E-state index in [4.69, 9.17) is 22.4 Å². The number of carboxylic acid groups (broad SMARTS) is 1. The summed E-state index contributed by atoms with van der Waals surface area (Å²) < 4.78 is 13.2. The van der Waals surface area contributed by atoms with Crippen LogP contribution in [0.2, 0.25) is 5.02 Å². The number of nitrogens with one attached hydrogen (secondary N) is 1. The number of rotatable bonds is 3. The Morgan fingerprint density at radius 1 is 1.59 bits per heavy atom. The molecule has 0 amide bonds. The molecule has 0 aliphatic carbocycles. The minimum Gasteiger partial charge on any atom is -0.480 e. The second kappa shape index (κ2) is 4.35. The van der Waals surface area contributed by atoms with Gasteiger partial charge in [-0.2, -0.15) is 0 Å². The Bertz CT molecular complexity index is 582. The summed E-state index contributed by atoms with van der Waals surface area (Å²) in [6.07, 6.45) is 1.78. The summed E-state index contributed by atoms with van der Waals surface area (Å²) in [7, 11) is 0. The Labute approximate surface area is 101 Å². The molecule has 0 aliphatic heterocycles. The number of hydrogen-bond donors (Lipinski definition) is 3. The van der Waals surface area contributed by atoms with E-state index in [0.29, 0.717) is 16.5 Å². The van der Waals surface area contributed by atoms with E-state index in [2.05, 4.69) is 4.98 Å². The number of benzene rings is 1. The van der Waals surface area contributed by atoms with Gasteiger partial charge in [-0.1, -0.05) is 11.6 Å². The number of aromatic amines is 1. The number of nitrogens with two attached hydrogens (primary N) is 1. The van der Waals surface area contributed by atoms with E-state index < -0.39 is 17.8 Å². The van der Waals surface area contributed by atoms with Gasteiger partial charge in [0.15, 0.2) is 0 Å². The molecule has 0 spiro atoms. The van der Waals surface area contributed by atoms with Gasteiger partial charge in [0.1, 0.15) is 11.9 Å². The maximum Gasteiger partial charge on any atom is 0.320 e. The van der Waals surface area contributed by atoms with Crippen molar-refractivity contribution >= 4 is 28.5 Å². The Morgan fingerprint density at radius 2 is 2.29 bits per heavy atom. The molecule has 0 radical (unpaired) electrons. The highest BCUT2D eigenvalue weighted by Crippen LogP contribution is 2.25. The molecular formula is C11H10ClFN2O2. The maximum atomic E-state index is 13.2. The minimum absolute atomic E-state index is 0.00208. The zero-order valence-electron chi connectivity index (χ0n) is 8.71. The van der Waals surface area contributed by atoms with Crippen molar-refractivity contribution in [3.05, 3.63) is 34.7 Å². The van der Waals surface area contributed by atoms with Crippen LogP contribution >= 0.6 is 11.6 Å². The molecule has 1 atom stereocenters. The summed E-state index contributed by atoms with van der Waals surface area (Å²) in [6, 6.07) is 1.75. The first-order valence-corrected chi connectivity index (χ1v) is 5.30. The maximum absolute atomic E-state index is 13.2. The molecule has 0 fully saturated rings. The van der Waals surface area contributed by atoms with Crippen LogP contribution in [0.4, 0.5) is 4.39 Å². The summed E-state index contributed by atoms with van der Waals surface area (Å²) in [5.74, 6) is -1.59. The fourth-order valence-corrected chi connectivity index (χ4v) is 1.83. The molecular weight excluding hydrogens is 247 g/mol. The molecule has 0 saturated heterocycles. The second-order valence-electron chi connectivity index (χ2n) is 3.77. The van der Waals surface area contributed by atoms with E-state index in [-0.39, 0.29) is 11.4 Å². The SMILES string of the molecule is N[C@@H](Cc1c[nH]c2cc(F)c(Cl)cc12)C(=O)O. The van der Waals surface area contributed by atoms with Crippen LogP contribution in [-0.4, -0.2) is 22.1 Å². The number of hydrogen-bond acceptors (Lipinski definition) is 2. The van der Waals surface area contributed by atoms with Crippen LogP contribution in [0.5, 0.6) is 0 Å². The molecule has 4 nitrogen and oxygen atoms in total. The van der Waals surface area contributed by atoms with E-state index in [9.17, 15) is 9.18 Å². The molecule has 2 aromatic rings. The first-order chi connectivity index (χ1) is 7.99. The highest BCUT2D eigenvalue weighted by molar-refractivity contribution is 6.31. The summed E-state index contributed by atoms with van der Waals surface area (Å²) in [4.78, 5) is 13.5. The predicted molar refractivity (Wildman–Crippen MR) is 62.6 cm³/mol. The molecule has 1 aromatic carbocycles. The van der Waals surface area contributed by atoms with E-state index >= 15 is 0 Å². The third-order valence-corrected chi connectivity index (χ3v) is 2.85. The van der Waals surface area contributed by atoms with E-state index in [1.165, 1.54) is 12.1 Å². The number of carbonyl (C=O) groups is 1. The largest absolute Gasteiger partial charge is 0.480 e. The highest BCUT2D eigenvalue weighted by Gasteiger charge is 2.15. The number of fused-ring (bicyclic) bond motifs is 1. The molecule has 4 N–H and O–H groups in total. The normalized spacial score (nSPS) is 12.9. The van der Waals surface area contributed by atoms with Crippen LogP contribution in [0.1, 0.15) is 5.56 Å².